The van der Waals surface area contributed by atoms with Crippen LogP contribution in [0, 0.1) is 0 Å². The molecule has 0 spiro atoms. The Morgan fingerprint density at radius 1 is 1.07 bits per heavy atom. The molecular weight excluding hydrogens is 184 g/mol. The highest BCUT2D eigenvalue weighted by Crippen LogP contribution is 2.10. The second-order valence-electron chi connectivity index (χ2n) is 3.92. The molecule has 0 fully saturated rings. The molecule has 1 nitrogen and oxygen atoms in total. The van der Waals surface area contributed by atoms with Gasteiger partial charge < -0.3 is 4.74 Å². The van der Waals surface area contributed by atoms with E-state index in [0.29, 0.717) is 0 Å². The average molecular weight is 208 g/mol. The maximum atomic E-state index is 4.99. The smallest absolute Gasteiger partial charge is 0.0646 e. The SMILES string of the molecule is C=CCC/C(C)=C/CC/C(C)=C/COC. The summed E-state index contributed by atoms with van der Waals surface area (Å²) in [6, 6.07) is 0. The Morgan fingerprint density at radius 3 is 2.27 bits per heavy atom. The van der Waals surface area contributed by atoms with Gasteiger partial charge in [-0.1, -0.05) is 29.4 Å². The van der Waals surface area contributed by atoms with E-state index in [-0.39, 0.29) is 0 Å². The van der Waals surface area contributed by atoms with Gasteiger partial charge in [-0.3, -0.25) is 0 Å². The van der Waals surface area contributed by atoms with Crippen LogP contribution < -0.4 is 0 Å². The van der Waals surface area contributed by atoms with Gasteiger partial charge in [0.1, 0.15) is 0 Å². The van der Waals surface area contributed by atoms with E-state index in [4.69, 9.17) is 4.74 Å². The number of hydrogen-bond donors (Lipinski definition) is 0. The Hall–Kier alpha value is -0.820. The number of methoxy groups -OCH3 is 1. The van der Waals surface area contributed by atoms with Crippen LogP contribution in [0.5, 0.6) is 0 Å². The summed E-state index contributed by atoms with van der Waals surface area (Å²) in [5.41, 5.74) is 2.87. The Kier molecular flexibility index (Phi) is 9.19. The minimum Gasteiger partial charge on any atom is -0.381 e. The van der Waals surface area contributed by atoms with Crippen molar-refractivity contribution in [2.45, 2.75) is 39.5 Å². The van der Waals surface area contributed by atoms with E-state index in [9.17, 15) is 0 Å². The minimum atomic E-state index is 0.727. The molecule has 0 atom stereocenters. The molecule has 0 aliphatic rings. The highest BCUT2D eigenvalue weighted by molar-refractivity contribution is 5.04. The standard InChI is InChI=1S/C14H24O/c1-5-6-8-13(2)9-7-10-14(3)11-12-15-4/h5,9,11H,1,6-8,10,12H2,2-4H3/b13-9+,14-11+. The van der Waals surface area contributed by atoms with Gasteiger partial charge in [0.2, 0.25) is 0 Å². The van der Waals surface area contributed by atoms with Crippen molar-refractivity contribution < 1.29 is 4.74 Å². The first-order valence-electron chi connectivity index (χ1n) is 5.61. The average Bonchev–Trinajstić information content (AvgIpc) is 2.23. The van der Waals surface area contributed by atoms with Crippen LogP contribution in [-0.2, 0) is 4.74 Å². The molecule has 0 aromatic rings. The van der Waals surface area contributed by atoms with Crippen molar-refractivity contribution in [2.75, 3.05) is 13.7 Å². The Morgan fingerprint density at radius 2 is 1.67 bits per heavy atom. The Labute approximate surface area is 94.5 Å². The van der Waals surface area contributed by atoms with Gasteiger partial charge in [-0.2, -0.15) is 0 Å². The van der Waals surface area contributed by atoms with Crippen molar-refractivity contribution in [3.8, 4) is 0 Å². The number of rotatable bonds is 8. The monoisotopic (exact) mass is 208 g/mol. The Bertz CT molecular complexity index is 223. The molecule has 1 heteroatoms. The van der Waals surface area contributed by atoms with E-state index in [1.54, 1.807) is 7.11 Å². The predicted molar refractivity (Wildman–Crippen MR) is 68.1 cm³/mol. The van der Waals surface area contributed by atoms with Gasteiger partial charge in [-0.15, -0.1) is 6.58 Å². The van der Waals surface area contributed by atoms with E-state index in [2.05, 4.69) is 32.6 Å². The van der Waals surface area contributed by atoms with E-state index < -0.39 is 0 Å². The highest BCUT2D eigenvalue weighted by Gasteiger charge is 1.90. The molecule has 0 aromatic carbocycles. The van der Waals surface area contributed by atoms with Gasteiger partial charge in [0.15, 0.2) is 0 Å². The summed E-state index contributed by atoms with van der Waals surface area (Å²) in [5, 5.41) is 0. The van der Waals surface area contributed by atoms with Gasteiger partial charge in [0, 0.05) is 7.11 Å². The molecule has 0 N–H and O–H groups in total. The maximum Gasteiger partial charge on any atom is 0.0646 e. The van der Waals surface area contributed by atoms with Gasteiger partial charge in [-0.05, 0) is 39.5 Å². The van der Waals surface area contributed by atoms with Crippen LogP contribution in [0.1, 0.15) is 39.5 Å². The molecule has 0 bridgehead atoms. The molecule has 0 heterocycles. The third kappa shape index (κ3) is 9.48. The van der Waals surface area contributed by atoms with Crippen LogP contribution in [0.25, 0.3) is 0 Å². The zero-order chi connectivity index (χ0) is 11.5. The van der Waals surface area contributed by atoms with Gasteiger partial charge >= 0.3 is 0 Å². The summed E-state index contributed by atoms with van der Waals surface area (Å²) in [5.74, 6) is 0. The number of allylic oxidation sites excluding steroid dienone is 4. The van der Waals surface area contributed by atoms with Crippen LogP contribution in [-0.4, -0.2) is 13.7 Å². The van der Waals surface area contributed by atoms with Crippen molar-refractivity contribution in [2.24, 2.45) is 0 Å². The third-order valence-corrected chi connectivity index (χ3v) is 2.37. The fraction of sp³-hybridized carbons (Fsp3) is 0.571. The quantitative estimate of drug-likeness (QED) is 0.541. The first-order valence-corrected chi connectivity index (χ1v) is 5.61. The fourth-order valence-corrected chi connectivity index (χ4v) is 1.31. The molecule has 0 aliphatic carbocycles. The second-order valence-corrected chi connectivity index (χ2v) is 3.92. The molecule has 0 amide bonds. The minimum absolute atomic E-state index is 0.727. The third-order valence-electron chi connectivity index (χ3n) is 2.37. The summed E-state index contributed by atoms with van der Waals surface area (Å²) in [6.07, 6.45) is 10.9. The zero-order valence-corrected chi connectivity index (χ0v) is 10.4. The van der Waals surface area contributed by atoms with Crippen molar-refractivity contribution in [3.05, 3.63) is 36.0 Å². The van der Waals surface area contributed by atoms with Gasteiger partial charge in [-0.25, -0.2) is 0 Å². The lowest BCUT2D eigenvalue weighted by Gasteiger charge is -2.00. The molecule has 15 heavy (non-hydrogen) atoms. The second kappa shape index (κ2) is 9.72. The van der Waals surface area contributed by atoms with Gasteiger partial charge in [0.25, 0.3) is 0 Å². The summed E-state index contributed by atoms with van der Waals surface area (Å²) >= 11 is 0. The predicted octanol–water partition coefficient (Wildman–Crippen LogP) is 4.27. The summed E-state index contributed by atoms with van der Waals surface area (Å²) in [6.45, 7) is 8.80. The van der Waals surface area contributed by atoms with Crippen molar-refractivity contribution >= 4 is 0 Å². The van der Waals surface area contributed by atoms with Crippen molar-refractivity contribution in [1.29, 1.82) is 0 Å². The van der Waals surface area contributed by atoms with Gasteiger partial charge in [0.05, 0.1) is 6.61 Å². The largest absolute Gasteiger partial charge is 0.381 e. The molecule has 86 valence electrons. The normalized spacial score (nSPS) is 13.0. The summed E-state index contributed by atoms with van der Waals surface area (Å²) in [4.78, 5) is 0. The van der Waals surface area contributed by atoms with Crippen LogP contribution in [0.4, 0.5) is 0 Å². The molecule has 0 rings (SSSR count). The number of hydrogen-bond acceptors (Lipinski definition) is 1. The van der Waals surface area contributed by atoms with E-state index in [1.165, 1.54) is 11.1 Å². The molecule has 0 saturated heterocycles. The zero-order valence-electron chi connectivity index (χ0n) is 10.4. The summed E-state index contributed by atoms with van der Waals surface area (Å²) in [7, 11) is 1.73. The molecular formula is C14H24O. The van der Waals surface area contributed by atoms with Crippen molar-refractivity contribution in [1.82, 2.24) is 0 Å². The lowest BCUT2D eigenvalue weighted by Crippen LogP contribution is -1.85. The first-order chi connectivity index (χ1) is 7.20. The molecule has 0 unspecified atom stereocenters. The molecule has 0 aliphatic heterocycles. The van der Waals surface area contributed by atoms with E-state index >= 15 is 0 Å². The lowest BCUT2D eigenvalue weighted by atomic mass is 10.1. The molecule has 0 radical (unpaired) electrons. The van der Waals surface area contributed by atoms with E-state index in [0.717, 1.165) is 32.3 Å². The van der Waals surface area contributed by atoms with Crippen LogP contribution >= 0.6 is 0 Å². The topological polar surface area (TPSA) is 9.23 Å². The maximum absolute atomic E-state index is 4.99. The lowest BCUT2D eigenvalue weighted by molar-refractivity contribution is 0.233. The van der Waals surface area contributed by atoms with Crippen molar-refractivity contribution in [3.63, 3.8) is 0 Å². The highest BCUT2D eigenvalue weighted by atomic mass is 16.5. The van der Waals surface area contributed by atoms with E-state index in [1.807, 2.05) is 6.08 Å². The van der Waals surface area contributed by atoms with Crippen LogP contribution in [0.15, 0.2) is 36.0 Å². The fourth-order valence-electron chi connectivity index (χ4n) is 1.31. The van der Waals surface area contributed by atoms with Crippen LogP contribution in [0.2, 0.25) is 0 Å². The first kappa shape index (κ1) is 14.2. The molecule has 0 saturated carbocycles. The van der Waals surface area contributed by atoms with Crippen LogP contribution in [0.3, 0.4) is 0 Å². The Balaban J connectivity index is 3.70. The number of ether oxygens (including phenoxy) is 1. The molecule has 0 aromatic heterocycles. The summed E-state index contributed by atoms with van der Waals surface area (Å²) < 4.78 is 4.99.